The highest BCUT2D eigenvalue weighted by Crippen LogP contribution is 2.38. The zero-order valence-corrected chi connectivity index (χ0v) is 17.6. The Kier molecular flexibility index (Phi) is 5.83. The molecule has 0 saturated carbocycles. The van der Waals surface area contributed by atoms with E-state index in [-0.39, 0.29) is 11.5 Å². The summed E-state index contributed by atoms with van der Waals surface area (Å²) in [4.78, 5) is 15.6. The first kappa shape index (κ1) is 22.4. The molecule has 33 heavy (non-hydrogen) atoms. The molecule has 0 fully saturated rings. The average molecular weight is 459 g/mol. The number of nitrogens with zero attached hydrogens (tertiary/aromatic N) is 2. The number of para-hydroxylation sites is 1. The lowest BCUT2D eigenvalue weighted by Gasteiger charge is -2.19. The number of hydrogen-bond donors (Lipinski definition) is 4. The van der Waals surface area contributed by atoms with Crippen molar-refractivity contribution in [3.63, 3.8) is 0 Å². The van der Waals surface area contributed by atoms with Gasteiger partial charge in [0.05, 0.1) is 16.8 Å². The number of rotatable bonds is 6. The SMILES string of the molecule is CNC(O)c1ccccc1Nc1cc(Nc2ccc3c(c2)oc(=O)n3C)ncc1C(F)(F)F. The Bertz CT molecular complexity index is 1360. The molecule has 4 aromatic rings. The van der Waals surface area contributed by atoms with Crippen molar-refractivity contribution < 1.29 is 22.7 Å². The van der Waals surface area contributed by atoms with Crippen molar-refractivity contribution in [2.45, 2.75) is 12.4 Å². The van der Waals surface area contributed by atoms with Crippen molar-refractivity contribution >= 4 is 34.0 Å². The summed E-state index contributed by atoms with van der Waals surface area (Å²) in [5.41, 5.74) is 0.842. The Labute approximate surface area is 185 Å². The third-order valence-corrected chi connectivity index (χ3v) is 5.07. The molecule has 0 aliphatic rings. The summed E-state index contributed by atoms with van der Waals surface area (Å²) in [7, 11) is 3.10. The molecule has 0 saturated heterocycles. The first-order chi connectivity index (χ1) is 15.7. The van der Waals surface area contributed by atoms with E-state index in [9.17, 15) is 23.1 Å². The van der Waals surface area contributed by atoms with Crippen LogP contribution in [-0.2, 0) is 13.2 Å². The third kappa shape index (κ3) is 4.54. The Balaban J connectivity index is 1.71. The molecule has 4 N–H and O–H groups in total. The Morgan fingerprint density at radius 3 is 2.58 bits per heavy atom. The van der Waals surface area contributed by atoms with Crippen molar-refractivity contribution in [2.75, 3.05) is 17.7 Å². The molecule has 4 rings (SSSR count). The molecule has 11 heteroatoms. The predicted octanol–water partition coefficient (Wildman–Crippen LogP) is 4.24. The number of alkyl halides is 3. The van der Waals surface area contributed by atoms with Crippen LogP contribution in [0.3, 0.4) is 0 Å². The molecule has 2 aromatic heterocycles. The normalized spacial score (nSPS) is 12.7. The first-order valence-corrected chi connectivity index (χ1v) is 9.82. The molecule has 2 heterocycles. The zero-order valence-electron chi connectivity index (χ0n) is 17.6. The van der Waals surface area contributed by atoms with Gasteiger partial charge in [0.2, 0.25) is 0 Å². The minimum Gasteiger partial charge on any atom is -0.408 e. The number of aryl methyl sites for hydroxylation is 1. The van der Waals surface area contributed by atoms with Gasteiger partial charge in [-0.25, -0.2) is 9.78 Å². The van der Waals surface area contributed by atoms with Crippen molar-refractivity contribution in [3.8, 4) is 0 Å². The van der Waals surface area contributed by atoms with Gasteiger partial charge in [-0.05, 0) is 25.2 Å². The Morgan fingerprint density at radius 1 is 1.09 bits per heavy atom. The molecule has 0 radical (unpaired) electrons. The van der Waals surface area contributed by atoms with E-state index < -0.39 is 23.7 Å². The van der Waals surface area contributed by atoms with Crippen LogP contribution in [0.5, 0.6) is 0 Å². The number of aliphatic hydroxyl groups excluding tert-OH is 1. The number of fused-ring (bicyclic) bond motifs is 1. The van der Waals surface area contributed by atoms with Crippen molar-refractivity contribution in [3.05, 3.63) is 76.4 Å². The van der Waals surface area contributed by atoms with Gasteiger partial charge in [0.25, 0.3) is 0 Å². The number of pyridine rings is 1. The number of halogens is 3. The van der Waals surface area contributed by atoms with Gasteiger partial charge in [0.15, 0.2) is 5.58 Å². The fraction of sp³-hybridized carbons (Fsp3) is 0.182. The minimum atomic E-state index is -4.66. The summed E-state index contributed by atoms with van der Waals surface area (Å²) in [6.45, 7) is 0. The lowest BCUT2D eigenvalue weighted by atomic mass is 10.1. The highest BCUT2D eigenvalue weighted by Gasteiger charge is 2.34. The van der Waals surface area contributed by atoms with Crippen LogP contribution in [0.25, 0.3) is 11.1 Å². The van der Waals surface area contributed by atoms with Crippen LogP contribution in [-0.4, -0.2) is 21.7 Å². The van der Waals surface area contributed by atoms with E-state index in [1.807, 2.05) is 0 Å². The number of nitrogens with one attached hydrogen (secondary N) is 3. The molecule has 0 aliphatic heterocycles. The highest BCUT2D eigenvalue weighted by molar-refractivity contribution is 5.79. The maximum Gasteiger partial charge on any atom is 0.419 e. The summed E-state index contributed by atoms with van der Waals surface area (Å²) in [5.74, 6) is -0.390. The van der Waals surface area contributed by atoms with Crippen LogP contribution in [0.2, 0.25) is 0 Å². The fourth-order valence-electron chi connectivity index (χ4n) is 3.36. The van der Waals surface area contributed by atoms with Gasteiger partial charge in [0, 0.05) is 42.3 Å². The van der Waals surface area contributed by atoms with Crippen LogP contribution in [0.15, 0.2) is 63.9 Å². The van der Waals surface area contributed by atoms with Crippen LogP contribution in [0.1, 0.15) is 17.4 Å². The van der Waals surface area contributed by atoms with Gasteiger partial charge in [-0.1, -0.05) is 18.2 Å². The van der Waals surface area contributed by atoms with Gasteiger partial charge >= 0.3 is 11.9 Å². The molecule has 2 aromatic carbocycles. The summed E-state index contributed by atoms with van der Waals surface area (Å²) >= 11 is 0. The molecule has 8 nitrogen and oxygen atoms in total. The van der Waals surface area contributed by atoms with Crippen molar-refractivity contribution in [1.82, 2.24) is 14.9 Å². The smallest absolute Gasteiger partial charge is 0.408 e. The molecule has 0 amide bonds. The van der Waals surface area contributed by atoms with Gasteiger partial charge in [-0.15, -0.1) is 0 Å². The molecule has 172 valence electrons. The van der Waals surface area contributed by atoms with E-state index in [4.69, 9.17) is 4.42 Å². The highest BCUT2D eigenvalue weighted by atomic mass is 19.4. The summed E-state index contributed by atoms with van der Waals surface area (Å²) in [6.07, 6.45) is -5.01. The lowest BCUT2D eigenvalue weighted by Crippen LogP contribution is -2.17. The van der Waals surface area contributed by atoms with Gasteiger partial charge in [-0.2, -0.15) is 13.2 Å². The van der Waals surface area contributed by atoms with Gasteiger partial charge < -0.3 is 20.2 Å². The molecule has 1 atom stereocenters. The van der Waals surface area contributed by atoms with Crippen LogP contribution in [0, 0.1) is 0 Å². The van der Waals surface area contributed by atoms with Crippen molar-refractivity contribution in [1.29, 1.82) is 0 Å². The predicted molar refractivity (Wildman–Crippen MR) is 118 cm³/mol. The number of oxazole rings is 1. The maximum atomic E-state index is 13.6. The second kappa shape index (κ2) is 8.60. The van der Waals surface area contributed by atoms with E-state index in [1.54, 1.807) is 49.5 Å². The second-order valence-corrected chi connectivity index (χ2v) is 7.25. The minimum absolute atomic E-state index is 0.134. The molecule has 0 aliphatic carbocycles. The van der Waals surface area contributed by atoms with E-state index in [0.717, 1.165) is 6.20 Å². The molecular weight excluding hydrogens is 439 g/mol. The average Bonchev–Trinajstić information content (AvgIpc) is 3.06. The number of aliphatic hydroxyl groups is 1. The maximum absolute atomic E-state index is 13.6. The Morgan fingerprint density at radius 2 is 1.85 bits per heavy atom. The van der Waals surface area contributed by atoms with Crippen LogP contribution in [0.4, 0.5) is 36.1 Å². The zero-order chi connectivity index (χ0) is 23.8. The van der Waals surface area contributed by atoms with E-state index in [0.29, 0.717) is 28.0 Å². The Hall–Kier alpha value is -3.83. The monoisotopic (exact) mass is 459 g/mol. The van der Waals surface area contributed by atoms with E-state index >= 15 is 0 Å². The topological polar surface area (TPSA) is 104 Å². The lowest BCUT2D eigenvalue weighted by molar-refractivity contribution is -0.137. The van der Waals surface area contributed by atoms with Gasteiger partial charge in [-0.3, -0.25) is 9.88 Å². The number of benzene rings is 2. The molecular formula is C22H20F3N5O3. The second-order valence-electron chi connectivity index (χ2n) is 7.25. The summed E-state index contributed by atoms with van der Waals surface area (Å²) < 4.78 is 47.4. The standard InChI is InChI=1S/C22H20F3N5O3/c1-26-20(31)13-5-3-4-6-15(13)29-16-10-19(27-11-14(16)22(23,24)25)28-12-7-8-17-18(9-12)33-21(32)30(17)2/h3-11,20,26,31H,1-2H3,(H2,27,28,29). The molecule has 0 bridgehead atoms. The number of anilines is 4. The summed E-state index contributed by atoms with van der Waals surface area (Å²) in [5, 5.41) is 18.5. The first-order valence-electron chi connectivity index (χ1n) is 9.82. The van der Waals surface area contributed by atoms with Gasteiger partial charge in [0.1, 0.15) is 12.0 Å². The number of aromatic nitrogens is 2. The van der Waals surface area contributed by atoms with Crippen LogP contribution >= 0.6 is 0 Å². The van der Waals surface area contributed by atoms with E-state index in [2.05, 4.69) is 20.9 Å². The quantitative estimate of drug-likeness (QED) is 0.320. The molecule has 1 unspecified atom stereocenters. The summed E-state index contributed by atoms with van der Waals surface area (Å²) in [6, 6.07) is 12.6. The molecule has 0 spiro atoms. The largest absolute Gasteiger partial charge is 0.419 e. The fourth-order valence-corrected chi connectivity index (χ4v) is 3.36. The van der Waals surface area contributed by atoms with E-state index in [1.165, 1.54) is 17.7 Å². The van der Waals surface area contributed by atoms with Crippen LogP contribution < -0.4 is 21.7 Å². The number of hydrogen-bond acceptors (Lipinski definition) is 7. The third-order valence-electron chi connectivity index (χ3n) is 5.07. The van der Waals surface area contributed by atoms with Crippen molar-refractivity contribution in [2.24, 2.45) is 7.05 Å².